The molecule has 0 bridgehead atoms. The molecule has 0 unspecified atom stereocenters. The smallest absolute Gasteiger partial charge is 0.273 e. The Bertz CT molecular complexity index is 936. The molecule has 5 nitrogen and oxygen atoms in total. The summed E-state index contributed by atoms with van der Waals surface area (Å²) in [6.45, 7) is 7.97. The second-order valence-electron chi connectivity index (χ2n) is 7.13. The minimum atomic E-state index is -0.734. The van der Waals surface area contributed by atoms with Gasteiger partial charge in [-0.3, -0.25) is 14.9 Å². The van der Waals surface area contributed by atoms with Crippen molar-refractivity contribution in [3.8, 4) is 0 Å². The van der Waals surface area contributed by atoms with Gasteiger partial charge < -0.3 is 0 Å². The molecule has 4 amide bonds. The van der Waals surface area contributed by atoms with Gasteiger partial charge in [0.15, 0.2) is 0 Å². The third-order valence-electron chi connectivity index (χ3n) is 4.48. The third kappa shape index (κ3) is 3.82. The summed E-state index contributed by atoms with van der Waals surface area (Å²) in [7, 11) is 0. The predicted octanol–water partition coefficient (Wildman–Crippen LogP) is 4.09. The lowest BCUT2D eigenvalue weighted by Crippen LogP contribution is -2.54. The SMILES string of the molecule is Cc1cc(C)cc(N2C(=O)NC(=O)C(=Cc3ccc(C(C)C)cc3)C2=O)c1. The van der Waals surface area contributed by atoms with Crippen molar-refractivity contribution in [1.29, 1.82) is 0 Å². The van der Waals surface area contributed by atoms with E-state index in [1.807, 2.05) is 44.2 Å². The Morgan fingerprint density at radius 2 is 1.52 bits per heavy atom. The molecule has 0 radical (unpaired) electrons. The highest BCUT2D eigenvalue weighted by Crippen LogP contribution is 2.24. The van der Waals surface area contributed by atoms with E-state index in [0.29, 0.717) is 11.6 Å². The molecule has 0 atom stereocenters. The van der Waals surface area contributed by atoms with Crippen LogP contribution in [0.4, 0.5) is 10.5 Å². The number of amides is 4. The van der Waals surface area contributed by atoms with Crippen LogP contribution in [0, 0.1) is 13.8 Å². The third-order valence-corrected chi connectivity index (χ3v) is 4.48. The molecule has 138 valence electrons. The minimum absolute atomic E-state index is 0.0638. The highest BCUT2D eigenvalue weighted by atomic mass is 16.2. The number of anilines is 1. The zero-order valence-electron chi connectivity index (χ0n) is 15.9. The van der Waals surface area contributed by atoms with Crippen LogP contribution in [-0.2, 0) is 9.59 Å². The number of nitrogens with zero attached hydrogens (tertiary/aromatic N) is 1. The normalized spacial score (nSPS) is 16.3. The maximum absolute atomic E-state index is 12.9. The number of benzene rings is 2. The quantitative estimate of drug-likeness (QED) is 0.660. The number of barbiturate groups is 1. The van der Waals surface area contributed by atoms with E-state index < -0.39 is 17.8 Å². The molecule has 0 aromatic heterocycles. The van der Waals surface area contributed by atoms with Gasteiger partial charge in [0.2, 0.25) is 0 Å². The first-order valence-electron chi connectivity index (χ1n) is 8.86. The fraction of sp³-hybridized carbons (Fsp3) is 0.227. The number of carbonyl (C=O) groups is 3. The number of urea groups is 1. The Balaban J connectivity index is 1.99. The van der Waals surface area contributed by atoms with Crippen molar-refractivity contribution >= 4 is 29.6 Å². The highest BCUT2D eigenvalue weighted by Gasteiger charge is 2.36. The van der Waals surface area contributed by atoms with Crippen molar-refractivity contribution < 1.29 is 14.4 Å². The molecule has 27 heavy (non-hydrogen) atoms. The van der Waals surface area contributed by atoms with Crippen molar-refractivity contribution in [2.75, 3.05) is 4.90 Å². The molecule has 1 heterocycles. The van der Waals surface area contributed by atoms with Crippen LogP contribution in [0.5, 0.6) is 0 Å². The monoisotopic (exact) mass is 362 g/mol. The lowest BCUT2D eigenvalue weighted by Gasteiger charge is -2.27. The average molecular weight is 362 g/mol. The fourth-order valence-electron chi connectivity index (χ4n) is 3.12. The first-order valence-corrected chi connectivity index (χ1v) is 8.86. The second-order valence-corrected chi connectivity index (χ2v) is 7.13. The number of imide groups is 2. The summed E-state index contributed by atoms with van der Waals surface area (Å²) in [6.07, 6.45) is 1.52. The average Bonchev–Trinajstić information content (AvgIpc) is 2.58. The van der Waals surface area contributed by atoms with Crippen LogP contribution in [-0.4, -0.2) is 17.8 Å². The van der Waals surface area contributed by atoms with Crippen LogP contribution >= 0.6 is 0 Å². The van der Waals surface area contributed by atoms with E-state index in [9.17, 15) is 14.4 Å². The molecule has 0 spiro atoms. The summed E-state index contributed by atoms with van der Waals surface area (Å²) >= 11 is 0. The van der Waals surface area contributed by atoms with Gasteiger partial charge in [-0.2, -0.15) is 0 Å². The number of rotatable bonds is 3. The molecule has 2 aromatic rings. The van der Waals surface area contributed by atoms with Crippen LogP contribution in [0.15, 0.2) is 48.0 Å². The van der Waals surface area contributed by atoms with E-state index in [1.54, 1.807) is 12.1 Å². The molecular weight excluding hydrogens is 340 g/mol. The van der Waals surface area contributed by atoms with Crippen LogP contribution < -0.4 is 10.2 Å². The van der Waals surface area contributed by atoms with Crippen molar-refractivity contribution in [3.05, 3.63) is 70.3 Å². The van der Waals surface area contributed by atoms with E-state index in [-0.39, 0.29) is 5.57 Å². The molecule has 1 saturated heterocycles. The van der Waals surface area contributed by atoms with Gasteiger partial charge in [0.25, 0.3) is 11.8 Å². The van der Waals surface area contributed by atoms with Gasteiger partial charge in [0, 0.05) is 0 Å². The molecule has 5 heteroatoms. The van der Waals surface area contributed by atoms with Crippen LogP contribution in [0.1, 0.15) is 42.0 Å². The van der Waals surface area contributed by atoms with E-state index in [1.165, 1.54) is 11.6 Å². The summed E-state index contributed by atoms with van der Waals surface area (Å²) in [5, 5.41) is 2.26. The Hall–Kier alpha value is -3.21. The van der Waals surface area contributed by atoms with Crippen molar-refractivity contribution in [2.24, 2.45) is 0 Å². The Morgan fingerprint density at radius 1 is 0.926 bits per heavy atom. The number of hydrogen-bond donors (Lipinski definition) is 1. The van der Waals surface area contributed by atoms with E-state index in [0.717, 1.165) is 21.6 Å². The van der Waals surface area contributed by atoms with Crippen LogP contribution in [0.25, 0.3) is 6.08 Å². The number of hydrogen-bond acceptors (Lipinski definition) is 3. The van der Waals surface area contributed by atoms with Gasteiger partial charge in [-0.25, -0.2) is 9.69 Å². The maximum Gasteiger partial charge on any atom is 0.335 e. The molecule has 3 rings (SSSR count). The largest absolute Gasteiger partial charge is 0.335 e. The summed E-state index contributed by atoms with van der Waals surface area (Å²) in [6, 6.07) is 12.4. The zero-order chi connectivity index (χ0) is 19.7. The number of aryl methyl sites for hydroxylation is 2. The first-order chi connectivity index (χ1) is 12.8. The Labute approximate surface area is 158 Å². The highest BCUT2D eigenvalue weighted by molar-refractivity contribution is 6.39. The zero-order valence-corrected chi connectivity index (χ0v) is 15.9. The maximum atomic E-state index is 12.9. The van der Waals surface area contributed by atoms with Gasteiger partial charge in [-0.1, -0.05) is 44.2 Å². The van der Waals surface area contributed by atoms with Gasteiger partial charge in [0.1, 0.15) is 5.57 Å². The molecule has 1 fully saturated rings. The van der Waals surface area contributed by atoms with Gasteiger partial charge in [-0.15, -0.1) is 0 Å². The van der Waals surface area contributed by atoms with Gasteiger partial charge in [-0.05, 0) is 60.2 Å². The summed E-state index contributed by atoms with van der Waals surface area (Å²) in [5.74, 6) is -0.913. The molecule has 1 aliphatic heterocycles. The summed E-state index contributed by atoms with van der Waals surface area (Å²) in [4.78, 5) is 38.5. The Kier molecular flexibility index (Phi) is 4.95. The standard InChI is InChI=1S/C22H22N2O3/c1-13(2)17-7-5-16(6-8-17)12-19-20(25)23-22(27)24(21(19)26)18-10-14(3)9-15(4)11-18/h5-13H,1-4H3,(H,23,25,27). The van der Waals surface area contributed by atoms with Crippen molar-refractivity contribution in [2.45, 2.75) is 33.6 Å². The van der Waals surface area contributed by atoms with Crippen molar-refractivity contribution in [3.63, 3.8) is 0 Å². The Morgan fingerprint density at radius 3 is 2.07 bits per heavy atom. The molecular formula is C22H22N2O3. The number of carbonyl (C=O) groups excluding carboxylic acids is 3. The summed E-state index contributed by atoms with van der Waals surface area (Å²) < 4.78 is 0. The number of nitrogens with one attached hydrogen (secondary N) is 1. The lowest BCUT2D eigenvalue weighted by atomic mass is 10.00. The van der Waals surface area contributed by atoms with E-state index >= 15 is 0 Å². The van der Waals surface area contributed by atoms with Gasteiger partial charge in [0.05, 0.1) is 5.69 Å². The second kappa shape index (κ2) is 7.19. The topological polar surface area (TPSA) is 66.5 Å². The predicted molar refractivity (Wildman–Crippen MR) is 105 cm³/mol. The van der Waals surface area contributed by atoms with Crippen LogP contribution in [0.2, 0.25) is 0 Å². The van der Waals surface area contributed by atoms with Crippen molar-refractivity contribution in [1.82, 2.24) is 5.32 Å². The van der Waals surface area contributed by atoms with E-state index in [2.05, 4.69) is 19.2 Å². The molecule has 0 saturated carbocycles. The molecule has 1 aliphatic rings. The molecule has 1 N–H and O–H groups in total. The molecule has 2 aromatic carbocycles. The van der Waals surface area contributed by atoms with Gasteiger partial charge >= 0.3 is 6.03 Å². The molecule has 0 aliphatic carbocycles. The fourth-order valence-corrected chi connectivity index (χ4v) is 3.12. The minimum Gasteiger partial charge on any atom is -0.273 e. The van der Waals surface area contributed by atoms with E-state index in [4.69, 9.17) is 0 Å². The summed E-state index contributed by atoms with van der Waals surface area (Å²) in [5.41, 5.74) is 4.14. The first kappa shape index (κ1) is 18.6. The lowest BCUT2D eigenvalue weighted by molar-refractivity contribution is -0.122. The van der Waals surface area contributed by atoms with Crippen LogP contribution in [0.3, 0.4) is 0 Å².